The number of pyridine rings is 1. The summed E-state index contributed by atoms with van der Waals surface area (Å²) in [4.78, 5) is 4.07. The highest BCUT2D eigenvalue weighted by Gasteiger charge is 2.14. The van der Waals surface area contributed by atoms with Gasteiger partial charge in [-0.25, -0.2) is 4.39 Å². The van der Waals surface area contributed by atoms with Gasteiger partial charge in [0.15, 0.2) is 0 Å². The van der Waals surface area contributed by atoms with Crippen LogP contribution in [0, 0.1) is 5.82 Å². The molecule has 2 nitrogen and oxygen atoms in total. The lowest BCUT2D eigenvalue weighted by Gasteiger charge is -2.21. The van der Waals surface area contributed by atoms with Crippen LogP contribution in [-0.4, -0.2) is 4.98 Å². The third kappa shape index (κ3) is 3.69. The van der Waals surface area contributed by atoms with Crippen LogP contribution in [0.1, 0.15) is 37.2 Å². The first-order valence-electron chi connectivity index (χ1n) is 6.30. The summed E-state index contributed by atoms with van der Waals surface area (Å²) >= 11 is 12.1. The molecule has 2 atom stereocenters. The molecule has 0 saturated carbocycles. The number of hydrogen-bond acceptors (Lipinski definition) is 2. The second-order valence-corrected chi connectivity index (χ2v) is 5.52. The van der Waals surface area contributed by atoms with Crippen LogP contribution < -0.4 is 5.32 Å². The molecular weight excluding hydrogens is 298 g/mol. The minimum Gasteiger partial charge on any atom is -0.302 e. The Kier molecular flexibility index (Phi) is 4.97. The monoisotopic (exact) mass is 312 g/mol. The molecule has 0 amide bonds. The van der Waals surface area contributed by atoms with Crippen LogP contribution in [-0.2, 0) is 0 Å². The number of aromatic nitrogens is 1. The maximum absolute atomic E-state index is 12.9. The van der Waals surface area contributed by atoms with Crippen molar-refractivity contribution < 1.29 is 4.39 Å². The number of nitrogens with zero attached hydrogens (tertiary/aromatic N) is 1. The first kappa shape index (κ1) is 15.2. The Morgan fingerprint density at radius 2 is 1.85 bits per heavy atom. The van der Waals surface area contributed by atoms with E-state index in [9.17, 15) is 4.39 Å². The molecular formula is C15H15Cl2FN2. The van der Waals surface area contributed by atoms with E-state index in [0.29, 0.717) is 10.0 Å². The largest absolute Gasteiger partial charge is 0.302 e. The molecule has 0 spiro atoms. The lowest BCUT2D eigenvalue weighted by Crippen LogP contribution is -2.23. The molecule has 1 aromatic carbocycles. The number of benzene rings is 1. The maximum atomic E-state index is 12.9. The Balaban J connectivity index is 2.10. The molecule has 1 aromatic heterocycles. The minimum atomic E-state index is -0.338. The zero-order valence-electron chi connectivity index (χ0n) is 11.2. The lowest BCUT2D eigenvalue weighted by atomic mass is 10.1. The highest BCUT2D eigenvalue weighted by Crippen LogP contribution is 2.27. The summed E-state index contributed by atoms with van der Waals surface area (Å²) in [6, 6.07) is 8.51. The molecule has 0 radical (unpaired) electrons. The molecule has 0 fully saturated rings. The van der Waals surface area contributed by atoms with E-state index in [-0.39, 0.29) is 17.9 Å². The van der Waals surface area contributed by atoms with E-state index in [0.717, 1.165) is 11.3 Å². The van der Waals surface area contributed by atoms with Crippen molar-refractivity contribution in [3.63, 3.8) is 0 Å². The molecule has 1 N–H and O–H groups in total. The van der Waals surface area contributed by atoms with Gasteiger partial charge in [0.25, 0.3) is 0 Å². The summed E-state index contributed by atoms with van der Waals surface area (Å²) in [5.41, 5.74) is 1.74. The van der Waals surface area contributed by atoms with Crippen LogP contribution in [0.2, 0.25) is 10.0 Å². The van der Waals surface area contributed by atoms with E-state index in [4.69, 9.17) is 23.2 Å². The molecule has 2 rings (SSSR count). The highest BCUT2D eigenvalue weighted by molar-refractivity contribution is 6.35. The summed E-state index contributed by atoms with van der Waals surface area (Å²) < 4.78 is 12.9. The highest BCUT2D eigenvalue weighted by atomic mass is 35.5. The Bertz CT molecular complexity index is 587. The van der Waals surface area contributed by atoms with Gasteiger partial charge < -0.3 is 5.32 Å². The van der Waals surface area contributed by atoms with Gasteiger partial charge in [0, 0.05) is 22.1 Å². The van der Waals surface area contributed by atoms with Crippen LogP contribution in [0.25, 0.3) is 0 Å². The summed E-state index contributed by atoms with van der Waals surface area (Å²) in [6.45, 7) is 3.98. The van der Waals surface area contributed by atoms with Gasteiger partial charge >= 0.3 is 0 Å². The van der Waals surface area contributed by atoms with Gasteiger partial charge in [-0.3, -0.25) is 4.98 Å². The van der Waals surface area contributed by atoms with Crippen molar-refractivity contribution in [1.29, 1.82) is 0 Å². The van der Waals surface area contributed by atoms with E-state index >= 15 is 0 Å². The molecule has 1 heterocycles. The summed E-state index contributed by atoms with van der Waals surface area (Å²) in [5.74, 6) is -0.338. The second-order valence-electron chi connectivity index (χ2n) is 4.68. The molecule has 5 heteroatoms. The summed E-state index contributed by atoms with van der Waals surface area (Å²) in [6.07, 6.45) is 1.22. The normalized spacial score (nSPS) is 14.1. The van der Waals surface area contributed by atoms with Crippen molar-refractivity contribution >= 4 is 23.2 Å². The molecule has 0 unspecified atom stereocenters. The van der Waals surface area contributed by atoms with Gasteiger partial charge in [-0.1, -0.05) is 29.3 Å². The Morgan fingerprint density at radius 1 is 1.10 bits per heavy atom. The molecule has 2 aromatic rings. The number of rotatable bonds is 4. The van der Waals surface area contributed by atoms with E-state index in [1.807, 2.05) is 26.0 Å². The topological polar surface area (TPSA) is 24.9 Å². The van der Waals surface area contributed by atoms with Crippen molar-refractivity contribution in [1.82, 2.24) is 10.3 Å². The van der Waals surface area contributed by atoms with Crippen molar-refractivity contribution in [3.05, 3.63) is 63.6 Å². The zero-order chi connectivity index (χ0) is 14.7. The fourth-order valence-corrected chi connectivity index (χ4v) is 2.62. The maximum Gasteiger partial charge on any atom is 0.141 e. The van der Waals surface area contributed by atoms with E-state index in [1.165, 1.54) is 12.3 Å². The first-order valence-corrected chi connectivity index (χ1v) is 7.05. The van der Waals surface area contributed by atoms with E-state index in [2.05, 4.69) is 10.3 Å². The van der Waals surface area contributed by atoms with Crippen LogP contribution in [0.4, 0.5) is 4.39 Å². The predicted molar refractivity (Wildman–Crippen MR) is 80.6 cm³/mol. The smallest absolute Gasteiger partial charge is 0.141 e. The zero-order valence-corrected chi connectivity index (χ0v) is 12.7. The Labute approximate surface area is 127 Å². The minimum absolute atomic E-state index is 0.0163. The number of halogens is 3. The number of hydrogen-bond donors (Lipinski definition) is 1. The SMILES string of the molecule is C[C@H](N[C@H](C)c1ccc(F)cn1)c1ccc(Cl)cc1Cl. The number of nitrogens with one attached hydrogen (secondary N) is 1. The third-order valence-electron chi connectivity index (χ3n) is 3.12. The fraction of sp³-hybridized carbons (Fsp3) is 0.267. The Hall–Kier alpha value is -1.16. The molecule has 0 aliphatic heterocycles. The third-order valence-corrected chi connectivity index (χ3v) is 3.69. The molecule has 0 bridgehead atoms. The Morgan fingerprint density at radius 3 is 2.45 bits per heavy atom. The van der Waals surface area contributed by atoms with Crippen LogP contribution in [0.3, 0.4) is 0 Å². The summed E-state index contributed by atoms with van der Waals surface area (Å²) in [5, 5.41) is 4.61. The van der Waals surface area contributed by atoms with E-state index < -0.39 is 0 Å². The van der Waals surface area contributed by atoms with Gasteiger partial charge in [0.2, 0.25) is 0 Å². The predicted octanol–water partition coefficient (Wildman–Crippen LogP) is 4.94. The molecule has 0 saturated heterocycles. The van der Waals surface area contributed by atoms with E-state index in [1.54, 1.807) is 12.1 Å². The molecule has 0 aliphatic carbocycles. The summed E-state index contributed by atoms with van der Waals surface area (Å²) in [7, 11) is 0. The van der Waals surface area contributed by atoms with Crippen LogP contribution >= 0.6 is 23.2 Å². The van der Waals surface area contributed by atoms with Crippen LogP contribution in [0.15, 0.2) is 36.5 Å². The molecule has 20 heavy (non-hydrogen) atoms. The van der Waals surface area contributed by atoms with Crippen molar-refractivity contribution in [2.75, 3.05) is 0 Å². The van der Waals surface area contributed by atoms with Gasteiger partial charge in [0.05, 0.1) is 11.9 Å². The average Bonchev–Trinajstić information content (AvgIpc) is 2.39. The molecule has 106 valence electrons. The van der Waals surface area contributed by atoms with Gasteiger partial charge in [-0.2, -0.15) is 0 Å². The lowest BCUT2D eigenvalue weighted by molar-refractivity contribution is 0.484. The van der Waals surface area contributed by atoms with Crippen LogP contribution in [0.5, 0.6) is 0 Å². The van der Waals surface area contributed by atoms with Crippen molar-refractivity contribution in [3.8, 4) is 0 Å². The molecule has 0 aliphatic rings. The van der Waals surface area contributed by atoms with Crippen molar-refractivity contribution in [2.24, 2.45) is 0 Å². The second kappa shape index (κ2) is 6.53. The first-order chi connectivity index (χ1) is 9.47. The van der Waals surface area contributed by atoms with Crippen molar-refractivity contribution in [2.45, 2.75) is 25.9 Å². The van der Waals surface area contributed by atoms with Gasteiger partial charge in [0.1, 0.15) is 5.82 Å². The standard InChI is InChI=1S/C15H15Cl2FN2/c1-9(13-5-3-11(16)7-14(13)17)20-10(2)15-6-4-12(18)8-19-15/h3-10,20H,1-2H3/t9-,10+/m0/s1. The fourth-order valence-electron chi connectivity index (χ4n) is 2.05. The average molecular weight is 313 g/mol. The quantitative estimate of drug-likeness (QED) is 0.865. The van der Waals surface area contributed by atoms with Gasteiger partial charge in [-0.05, 0) is 43.7 Å². The van der Waals surface area contributed by atoms with Gasteiger partial charge in [-0.15, -0.1) is 0 Å².